The maximum atomic E-state index is 11.7. The van der Waals surface area contributed by atoms with Crippen molar-refractivity contribution in [1.82, 2.24) is 14.9 Å². The molecule has 2 aromatic carbocycles. The molecule has 1 fully saturated rings. The number of nitrogens with zero attached hydrogens (tertiary/aromatic N) is 3. The summed E-state index contributed by atoms with van der Waals surface area (Å²) in [6.45, 7) is 3.97. The second-order valence-corrected chi connectivity index (χ2v) is 11.8. The lowest BCUT2D eigenvalue weighted by Gasteiger charge is -2.28. The topological polar surface area (TPSA) is 99.5 Å². The molecule has 0 saturated carbocycles. The molecule has 2 aromatic heterocycles. The number of anilines is 2. The standard InChI is InChI=1S/C27H26ClN5O3S2/c1-16-14-21(17(2)32(16)23-15-18(28)7-12-24(23)34)26-25(22-6-4-5-13-29-22)30-27(37)33(26)20-10-8-19(9-11-20)31-38(3,35)36/h4-15,25-26,31,34H,1-3H3,(H,30,37)/t25-,26-/m0/s1. The molecule has 4 aromatic rings. The second-order valence-electron chi connectivity index (χ2n) is 9.21. The summed E-state index contributed by atoms with van der Waals surface area (Å²) in [6, 6.07) is 19.3. The zero-order chi connectivity index (χ0) is 27.2. The van der Waals surface area contributed by atoms with Gasteiger partial charge in [-0.3, -0.25) is 9.71 Å². The van der Waals surface area contributed by atoms with Gasteiger partial charge in [-0.2, -0.15) is 0 Å². The number of aromatic nitrogens is 2. The van der Waals surface area contributed by atoms with E-state index in [4.69, 9.17) is 23.8 Å². The Morgan fingerprint density at radius 3 is 2.47 bits per heavy atom. The zero-order valence-corrected chi connectivity index (χ0v) is 23.3. The lowest BCUT2D eigenvalue weighted by Crippen LogP contribution is -2.29. The van der Waals surface area contributed by atoms with Crippen LogP contribution >= 0.6 is 23.8 Å². The van der Waals surface area contributed by atoms with Crippen molar-refractivity contribution in [3.63, 3.8) is 0 Å². The molecule has 5 rings (SSSR count). The van der Waals surface area contributed by atoms with E-state index in [1.54, 1.807) is 36.5 Å². The zero-order valence-electron chi connectivity index (χ0n) is 20.9. The summed E-state index contributed by atoms with van der Waals surface area (Å²) in [4.78, 5) is 6.62. The van der Waals surface area contributed by atoms with Crippen LogP contribution in [-0.4, -0.2) is 34.4 Å². The molecule has 2 atom stereocenters. The molecule has 38 heavy (non-hydrogen) atoms. The van der Waals surface area contributed by atoms with Crippen molar-refractivity contribution < 1.29 is 13.5 Å². The van der Waals surface area contributed by atoms with Crippen molar-refractivity contribution in [2.24, 2.45) is 0 Å². The van der Waals surface area contributed by atoms with Gasteiger partial charge in [-0.05, 0) is 92.3 Å². The number of phenolic OH excluding ortho intramolecular Hbond substituents is 1. The molecule has 3 N–H and O–H groups in total. The molecule has 1 aliphatic heterocycles. The van der Waals surface area contributed by atoms with Gasteiger partial charge in [0, 0.05) is 34.0 Å². The molecule has 0 radical (unpaired) electrons. The number of aromatic hydroxyl groups is 1. The van der Waals surface area contributed by atoms with Crippen molar-refractivity contribution in [2.45, 2.75) is 25.9 Å². The number of benzene rings is 2. The quantitative estimate of drug-likeness (QED) is 0.268. The van der Waals surface area contributed by atoms with Crippen LogP contribution in [-0.2, 0) is 10.0 Å². The Morgan fingerprint density at radius 1 is 1.08 bits per heavy atom. The third-order valence-electron chi connectivity index (χ3n) is 6.51. The van der Waals surface area contributed by atoms with Gasteiger partial charge in [-0.25, -0.2) is 8.42 Å². The summed E-state index contributed by atoms with van der Waals surface area (Å²) in [7, 11) is -3.40. The van der Waals surface area contributed by atoms with Gasteiger partial charge in [0.25, 0.3) is 0 Å². The lowest BCUT2D eigenvalue weighted by atomic mass is 9.96. The van der Waals surface area contributed by atoms with Crippen LogP contribution in [0.4, 0.5) is 11.4 Å². The Bertz CT molecular complexity index is 1620. The van der Waals surface area contributed by atoms with Crippen molar-refractivity contribution in [3.05, 3.63) is 101 Å². The van der Waals surface area contributed by atoms with Gasteiger partial charge in [0.15, 0.2) is 5.11 Å². The molecule has 196 valence electrons. The average Bonchev–Trinajstić information content (AvgIpc) is 3.36. The number of hydrogen-bond donors (Lipinski definition) is 3. The SMILES string of the molecule is Cc1cc([C@H]2[C@H](c3ccccn3)NC(=S)N2c2ccc(NS(C)(=O)=O)cc2)c(C)n1-c1cc(Cl)ccc1O. The van der Waals surface area contributed by atoms with Crippen LogP contribution in [0.2, 0.25) is 5.02 Å². The largest absolute Gasteiger partial charge is 0.506 e. The molecular weight excluding hydrogens is 542 g/mol. The molecule has 0 aliphatic carbocycles. The van der Waals surface area contributed by atoms with Gasteiger partial charge in [0.05, 0.1) is 29.7 Å². The van der Waals surface area contributed by atoms with Gasteiger partial charge < -0.3 is 19.9 Å². The van der Waals surface area contributed by atoms with Crippen molar-refractivity contribution in [2.75, 3.05) is 15.9 Å². The first-order valence-corrected chi connectivity index (χ1v) is 14.5. The average molecular weight is 568 g/mol. The summed E-state index contributed by atoms with van der Waals surface area (Å²) in [5.41, 5.74) is 5.49. The molecule has 11 heteroatoms. The third kappa shape index (κ3) is 4.94. The van der Waals surface area contributed by atoms with Crippen LogP contribution < -0.4 is 14.9 Å². The maximum Gasteiger partial charge on any atom is 0.229 e. The van der Waals surface area contributed by atoms with E-state index in [2.05, 4.69) is 21.1 Å². The van der Waals surface area contributed by atoms with Crippen LogP contribution in [0.1, 0.15) is 34.7 Å². The van der Waals surface area contributed by atoms with Gasteiger partial charge in [0.2, 0.25) is 10.0 Å². The van der Waals surface area contributed by atoms with Crippen molar-refractivity contribution in [3.8, 4) is 11.4 Å². The van der Waals surface area contributed by atoms with Crippen molar-refractivity contribution in [1.29, 1.82) is 0 Å². The van der Waals surface area contributed by atoms with Gasteiger partial charge >= 0.3 is 0 Å². The lowest BCUT2D eigenvalue weighted by molar-refractivity contribution is 0.471. The highest BCUT2D eigenvalue weighted by atomic mass is 35.5. The summed E-state index contributed by atoms with van der Waals surface area (Å²) >= 11 is 12.1. The third-order valence-corrected chi connectivity index (χ3v) is 7.67. The molecule has 0 spiro atoms. The van der Waals surface area contributed by atoms with Gasteiger partial charge in [-0.1, -0.05) is 17.7 Å². The number of rotatable bonds is 6. The fourth-order valence-corrected chi connectivity index (χ4v) is 6.06. The Kier molecular flexibility index (Phi) is 6.81. The summed E-state index contributed by atoms with van der Waals surface area (Å²) < 4.78 is 27.8. The summed E-state index contributed by atoms with van der Waals surface area (Å²) in [6.07, 6.45) is 2.86. The number of nitrogens with one attached hydrogen (secondary N) is 2. The first-order valence-electron chi connectivity index (χ1n) is 11.8. The van der Waals surface area contributed by atoms with Crippen LogP contribution in [0.3, 0.4) is 0 Å². The second kappa shape index (κ2) is 9.94. The minimum absolute atomic E-state index is 0.120. The molecule has 0 bridgehead atoms. The van der Waals surface area contributed by atoms with E-state index in [0.717, 1.165) is 34.6 Å². The Morgan fingerprint density at radius 2 is 1.82 bits per heavy atom. The molecule has 0 unspecified atom stereocenters. The van der Waals surface area contributed by atoms with Crippen LogP contribution in [0.25, 0.3) is 5.69 Å². The predicted molar refractivity (Wildman–Crippen MR) is 155 cm³/mol. The number of halogens is 1. The van der Waals surface area contributed by atoms with Crippen LogP contribution in [0.15, 0.2) is 72.9 Å². The number of phenols is 1. The Labute approximate surface area is 232 Å². The van der Waals surface area contributed by atoms with E-state index in [1.165, 1.54) is 0 Å². The fourth-order valence-electron chi connectivity index (χ4n) is 4.99. The maximum absolute atomic E-state index is 11.7. The fraction of sp³-hybridized carbons (Fsp3) is 0.185. The van der Waals surface area contributed by atoms with E-state index in [-0.39, 0.29) is 17.8 Å². The monoisotopic (exact) mass is 567 g/mol. The molecule has 1 saturated heterocycles. The number of aryl methyl sites for hydroxylation is 1. The highest BCUT2D eigenvalue weighted by molar-refractivity contribution is 7.92. The van der Waals surface area contributed by atoms with E-state index >= 15 is 0 Å². The minimum Gasteiger partial charge on any atom is -0.506 e. The summed E-state index contributed by atoms with van der Waals surface area (Å²) in [5.74, 6) is 0.120. The first-order chi connectivity index (χ1) is 18.0. The minimum atomic E-state index is -3.40. The van der Waals surface area contributed by atoms with E-state index < -0.39 is 10.0 Å². The Balaban J connectivity index is 1.65. The normalized spacial score (nSPS) is 17.5. The molecule has 0 amide bonds. The molecular formula is C27H26ClN5O3S2. The van der Waals surface area contributed by atoms with E-state index in [9.17, 15) is 13.5 Å². The van der Waals surface area contributed by atoms with Gasteiger partial charge in [0.1, 0.15) is 5.75 Å². The van der Waals surface area contributed by atoms with Crippen LogP contribution in [0, 0.1) is 13.8 Å². The van der Waals surface area contributed by atoms with E-state index in [0.29, 0.717) is 21.5 Å². The first kappa shape index (κ1) is 26.0. The summed E-state index contributed by atoms with van der Waals surface area (Å²) in [5, 5.41) is 15.1. The molecule has 3 heterocycles. The number of hydrogen-bond acceptors (Lipinski definition) is 5. The van der Waals surface area contributed by atoms with Gasteiger partial charge in [-0.15, -0.1) is 0 Å². The number of pyridine rings is 1. The Hall–Kier alpha value is -3.60. The van der Waals surface area contributed by atoms with Crippen molar-refractivity contribution >= 4 is 50.3 Å². The molecule has 1 aliphatic rings. The molecule has 8 nitrogen and oxygen atoms in total. The highest BCUT2D eigenvalue weighted by Crippen LogP contribution is 2.44. The highest BCUT2D eigenvalue weighted by Gasteiger charge is 2.42. The number of sulfonamides is 1. The van der Waals surface area contributed by atoms with E-state index in [1.807, 2.05) is 53.6 Å². The number of thiocarbonyl (C=S) groups is 1. The predicted octanol–water partition coefficient (Wildman–Crippen LogP) is 5.40. The van der Waals surface area contributed by atoms with Crippen LogP contribution in [0.5, 0.6) is 5.75 Å². The smallest absolute Gasteiger partial charge is 0.229 e.